The van der Waals surface area contributed by atoms with Crippen molar-refractivity contribution < 1.29 is 9.18 Å². The van der Waals surface area contributed by atoms with Gasteiger partial charge in [-0.1, -0.05) is 23.5 Å². The summed E-state index contributed by atoms with van der Waals surface area (Å²) >= 11 is 3.14. The average Bonchev–Trinajstić information content (AvgIpc) is 3.30. The van der Waals surface area contributed by atoms with E-state index in [1.54, 1.807) is 12.1 Å². The van der Waals surface area contributed by atoms with Crippen LogP contribution in [0.2, 0.25) is 0 Å². The monoisotopic (exact) mass is 388 g/mol. The topological polar surface area (TPSA) is 58.1 Å². The quantitative estimate of drug-likeness (QED) is 0.729. The van der Waals surface area contributed by atoms with Gasteiger partial charge in [-0.05, 0) is 41.1 Å². The molecule has 0 unspecified atom stereocenters. The van der Waals surface area contributed by atoms with E-state index in [0.29, 0.717) is 18.1 Å². The van der Waals surface area contributed by atoms with Crippen molar-refractivity contribution in [2.75, 3.05) is 6.54 Å². The smallest absolute Gasteiger partial charge is 0.282 e. The molecule has 0 spiro atoms. The van der Waals surface area contributed by atoms with Crippen LogP contribution in [0.5, 0.6) is 0 Å². The van der Waals surface area contributed by atoms with Crippen molar-refractivity contribution >= 4 is 28.6 Å². The normalized spacial score (nSPS) is 14.2. The predicted molar refractivity (Wildman–Crippen MR) is 99.6 cm³/mol. The molecule has 26 heavy (non-hydrogen) atoms. The molecule has 1 aliphatic rings. The minimum Gasteiger partial charge on any atom is -0.346 e. The summed E-state index contributed by atoms with van der Waals surface area (Å²) in [6, 6.07) is 8.23. The van der Waals surface area contributed by atoms with Gasteiger partial charge in [0.25, 0.3) is 5.91 Å². The minimum atomic E-state index is -0.291. The molecule has 0 fully saturated rings. The van der Waals surface area contributed by atoms with Gasteiger partial charge in [-0.25, -0.2) is 4.39 Å². The summed E-state index contributed by atoms with van der Waals surface area (Å²) in [6.45, 7) is 2.96. The molecule has 1 aromatic carbocycles. The Bertz CT molecular complexity index is 906. The zero-order valence-electron chi connectivity index (χ0n) is 13.9. The van der Waals surface area contributed by atoms with Crippen LogP contribution in [0.4, 0.5) is 4.39 Å². The van der Waals surface area contributed by atoms with Gasteiger partial charge >= 0.3 is 0 Å². The number of fused-ring (bicyclic) bond motifs is 1. The van der Waals surface area contributed by atoms with Crippen LogP contribution in [-0.2, 0) is 26.1 Å². The molecular weight excluding hydrogens is 371 g/mol. The number of thiophene rings is 1. The van der Waals surface area contributed by atoms with Gasteiger partial charge in [-0.2, -0.15) is 0 Å². The first-order chi connectivity index (χ1) is 12.7. The van der Waals surface area contributed by atoms with Crippen molar-refractivity contribution in [2.45, 2.75) is 26.1 Å². The highest BCUT2D eigenvalue weighted by Crippen LogP contribution is 2.25. The summed E-state index contributed by atoms with van der Waals surface area (Å²) in [4.78, 5) is 16.0. The van der Waals surface area contributed by atoms with E-state index < -0.39 is 0 Å². The first-order valence-corrected chi connectivity index (χ1v) is 9.99. The van der Waals surface area contributed by atoms with E-state index in [4.69, 9.17) is 0 Å². The number of halogens is 1. The third-order valence-corrected chi connectivity index (χ3v) is 6.20. The molecule has 0 saturated carbocycles. The summed E-state index contributed by atoms with van der Waals surface area (Å²) in [5.41, 5.74) is 2.23. The van der Waals surface area contributed by atoms with E-state index in [0.717, 1.165) is 30.1 Å². The first-order valence-electron chi connectivity index (χ1n) is 8.30. The van der Waals surface area contributed by atoms with E-state index in [1.165, 1.54) is 33.9 Å². The molecule has 8 heteroatoms. The maximum atomic E-state index is 12.9. The molecule has 3 aromatic rings. The SMILES string of the molecule is O=C(NCc1ccc(F)cc1)c1nnc(CN2CCc3sccc3C2)s1. The largest absolute Gasteiger partial charge is 0.346 e. The number of hydrogen-bond donors (Lipinski definition) is 1. The van der Waals surface area contributed by atoms with Crippen LogP contribution in [0.15, 0.2) is 35.7 Å². The van der Waals surface area contributed by atoms with Crippen LogP contribution in [0, 0.1) is 5.82 Å². The molecule has 0 radical (unpaired) electrons. The van der Waals surface area contributed by atoms with Crippen molar-refractivity contribution in [1.82, 2.24) is 20.4 Å². The van der Waals surface area contributed by atoms with Gasteiger partial charge < -0.3 is 5.32 Å². The maximum absolute atomic E-state index is 12.9. The number of amides is 1. The second kappa shape index (κ2) is 7.61. The van der Waals surface area contributed by atoms with Gasteiger partial charge in [-0.3, -0.25) is 9.69 Å². The van der Waals surface area contributed by atoms with Crippen LogP contribution < -0.4 is 5.32 Å². The highest BCUT2D eigenvalue weighted by atomic mass is 32.1. The molecule has 3 heterocycles. The third kappa shape index (κ3) is 3.98. The highest BCUT2D eigenvalue weighted by molar-refractivity contribution is 7.13. The van der Waals surface area contributed by atoms with Crippen molar-refractivity contribution in [2.24, 2.45) is 0 Å². The number of nitrogens with zero attached hydrogens (tertiary/aromatic N) is 3. The molecule has 4 rings (SSSR count). The number of hydrogen-bond acceptors (Lipinski definition) is 6. The molecule has 134 valence electrons. The molecule has 1 amide bonds. The van der Waals surface area contributed by atoms with Crippen LogP contribution in [-0.4, -0.2) is 27.5 Å². The average molecular weight is 388 g/mol. The van der Waals surface area contributed by atoms with E-state index in [-0.39, 0.29) is 11.7 Å². The molecule has 0 bridgehead atoms. The van der Waals surface area contributed by atoms with Crippen molar-refractivity contribution in [1.29, 1.82) is 0 Å². The maximum Gasteiger partial charge on any atom is 0.282 e. The Kier molecular flexibility index (Phi) is 5.05. The molecule has 1 N–H and O–H groups in total. The molecule has 0 atom stereocenters. The van der Waals surface area contributed by atoms with Crippen LogP contribution in [0.25, 0.3) is 0 Å². The summed E-state index contributed by atoms with van der Waals surface area (Å²) in [6.07, 6.45) is 1.07. The summed E-state index contributed by atoms with van der Waals surface area (Å²) in [5.74, 6) is -0.544. The number of carbonyl (C=O) groups excluding carboxylic acids is 1. The second-order valence-corrected chi connectivity index (χ2v) is 8.20. The van der Waals surface area contributed by atoms with E-state index in [1.807, 2.05) is 11.3 Å². The van der Waals surface area contributed by atoms with Crippen LogP contribution in [0.3, 0.4) is 0 Å². The van der Waals surface area contributed by atoms with Gasteiger partial charge in [0.15, 0.2) is 0 Å². The lowest BCUT2D eigenvalue weighted by atomic mass is 10.1. The first kappa shape index (κ1) is 17.3. The van der Waals surface area contributed by atoms with E-state index in [2.05, 4.69) is 31.9 Å². The molecule has 0 saturated heterocycles. The van der Waals surface area contributed by atoms with Crippen molar-refractivity contribution in [3.05, 3.63) is 67.5 Å². The fourth-order valence-corrected chi connectivity index (χ4v) is 4.59. The Morgan fingerprint density at radius 1 is 1.23 bits per heavy atom. The number of benzene rings is 1. The molecule has 5 nitrogen and oxygen atoms in total. The molecule has 0 aliphatic carbocycles. The number of nitrogens with one attached hydrogen (secondary N) is 1. The van der Waals surface area contributed by atoms with Crippen LogP contribution in [0.1, 0.15) is 30.8 Å². The Morgan fingerprint density at radius 3 is 2.92 bits per heavy atom. The van der Waals surface area contributed by atoms with Gasteiger partial charge in [0.1, 0.15) is 10.8 Å². The fraction of sp³-hybridized carbons (Fsp3) is 0.278. The summed E-state index contributed by atoms with van der Waals surface area (Å²) in [5, 5.41) is 14.3. The number of aromatic nitrogens is 2. The zero-order valence-corrected chi connectivity index (χ0v) is 15.6. The fourth-order valence-electron chi connectivity index (χ4n) is 2.90. The Balaban J connectivity index is 1.32. The lowest BCUT2D eigenvalue weighted by Gasteiger charge is -2.25. The second-order valence-electron chi connectivity index (χ2n) is 6.14. The number of rotatable bonds is 5. The van der Waals surface area contributed by atoms with Gasteiger partial charge in [0, 0.05) is 24.5 Å². The lowest BCUT2D eigenvalue weighted by Crippen LogP contribution is -2.29. The predicted octanol–water partition coefficient (Wildman–Crippen LogP) is 3.23. The molecular formula is C18H17FN4OS2. The third-order valence-electron chi connectivity index (χ3n) is 4.27. The Labute approximate surface area is 158 Å². The highest BCUT2D eigenvalue weighted by Gasteiger charge is 2.20. The van der Waals surface area contributed by atoms with E-state index >= 15 is 0 Å². The number of carbonyl (C=O) groups is 1. The van der Waals surface area contributed by atoms with Gasteiger partial charge in [-0.15, -0.1) is 21.5 Å². The van der Waals surface area contributed by atoms with Crippen molar-refractivity contribution in [3.63, 3.8) is 0 Å². The Hall–Kier alpha value is -2.16. The Morgan fingerprint density at radius 2 is 2.08 bits per heavy atom. The molecule has 1 aliphatic heterocycles. The summed E-state index contributed by atoms with van der Waals surface area (Å²) < 4.78 is 12.9. The van der Waals surface area contributed by atoms with Gasteiger partial charge in [0.05, 0.1) is 6.54 Å². The van der Waals surface area contributed by atoms with E-state index in [9.17, 15) is 9.18 Å². The lowest BCUT2D eigenvalue weighted by molar-refractivity contribution is 0.0950. The van der Waals surface area contributed by atoms with Crippen molar-refractivity contribution in [3.8, 4) is 0 Å². The van der Waals surface area contributed by atoms with Crippen LogP contribution >= 0.6 is 22.7 Å². The van der Waals surface area contributed by atoms with Gasteiger partial charge in [0.2, 0.25) is 5.01 Å². The standard InChI is InChI=1S/C18H17FN4OS2/c19-14-3-1-12(2-4-14)9-20-17(24)18-22-21-16(26-18)11-23-7-5-15-13(10-23)6-8-25-15/h1-4,6,8H,5,7,9-11H2,(H,20,24). The molecule has 2 aromatic heterocycles. The minimum absolute atomic E-state index is 0.253. The zero-order chi connectivity index (χ0) is 17.9. The summed E-state index contributed by atoms with van der Waals surface area (Å²) in [7, 11) is 0.